The highest BCUT2D eigenvalue weighted by atomic mass is 16.6. The van der Waals surface area contributed by atoms with E-state index in [1.165, 1.54) is 13.2 Å². The van der Waals surface area contributed by atoms with Crippen LogP contribution in [0.1, 0.15) is 55.5 Å². The maximum atomic E-state index is 12.7. The maximum absolute atomic E-state index is 12.7. The summed E-state index contributed by atoms with van der Waals surface area (Å²) in [4.78, 5) is 35.8. The van der Waals surface area contributed by atoms with Gasteiger partial charge in [-0.1, -0.05) is 12.6 Å². The number of hydrogen-bond acceptors (Lipinski definition) is 9. The lowest BCUT2D eigenvalue weighted by Crippen LogP contribution is -2.09. The number of unbranched alkanes of at least 4 members (excludes halogenated alkanes) is 3. The van der Waals surface area contributed by atoms with E-state index in [4.69, 9.17) is 28.4 Å². The molecule has 0 fully saturated rings. The Hall–Kier alpha value is -4.11. The summed E-state index contributed by atoms with van der Waals surface area (Å²) in [6.07, 6.45) is 6.42. The summed E-state index contributed by atoms with van der Waals surface area (Å²) in [6, 6.07) is 11.6. The van der Waals surface area contributed by atoms with Gasteiger partial charge in [0, 0.05) is 18.3 Å². The summed E-state index contributed by atoms with van der Waals surface area (Å²) in [5.41, 5.74) is 1.43. The van der Waals surface area contributed by atoms with E-state index >= 15 is 0 Å². The molecule has 0 aliphatic rings. The zero-order valence-electron chi connectivity index (χ0n) is 23.4. The second-order valence-corrected chi connectivity index (χ2v) is 8.70. The second-order valence-electron chi connectivity index (χ2n) is 8.70. The van der Waals surface area contributed by atoms with Crippen molar-refractivity contribution in [3.8, 4) is 17.2 Å². The molecule has 0 aromatic heterocycles. The third-order valence-electron chi connectivity index (χ3n) is 5.46. The van der Waals surface area contributed by atoms with Crippen molar-refractivity contribution >= 4 is 24.0 Å². The van der Waals surface area contributed by atoms with Crippen LogP contribution in [-0.2, 0) is 23.8 Å². The summed E-state index contributed by atoms with van der Waals surface area (Å²) in [6.45, 7) is 9.06. The molecule has 0 aliphatic carbocycles. The van der Waals surface area contributed by atoms with Crippen molar-refractivity contribution in [3.63, 3.8) is 0 Å². The third kappa shape index (κ3) is 12.2. The van der Waals surface area contributed by atoms with Crippen LogP contribution in [0, 0.1) is 0 Å². The highest BCUT2D eigenvalue weighted by Gasteiger charge is 2.13. The van der Waals surface area contributed by atoms with Crippen molar-refractivity contribution < 1.29 is 42.8 Å². The fourth-order valence-electron chi connectivity index (χ4n) is 3.31. The van der Waals surface area contributed by atoms with E-state index in [2.05, 4.69) is 6.58 Å². The third-order valence-corrected chi connectivity index (χ3v) is 5.46. The quantitative estimate of drug-likeness (QED) is 0.101. The van der Waals surface area contributed by atoms with E-state index in [1.807, 2.05) is 6.92 Å². The zero-order valence-corrected chi connectivity index (χ0v) is 23.4. The fourth-order valence-corrected chi connectivity index (χ4v) is 3.31. The average Bonchev–Trinajstić information content (AvgIpc) is 2.96. The minimum Gasteiger partial charge on any atom is -0.494 e. The van der Waals surface area contributed by atoms with Gasteiger partial charge in [-0.15, -0.1) is 0 Å². The van der Waals surface area contributed by atoms with Gasteiger partial charge in [-0.3, -0.25) is 0 Å². The predicted molar refractivity (Wildman–Crippen MR) is 151 cm³/mol. The summed E-state index contributed by atoms with van der Waals surface area (Å²) in [5.74, 6) is -0.144. The Morgan fingerprint density at radius 2 is 1.57 bits per heavy atom. The number of methoxy groups -OCH3 is 1. The number of ether oxygens (including phenoxy) is 6. The molecule has 0 atom stereocenters. The molecule has 0 unspecified atom stereocenters. The monoisotopic (exact) mass is 554 g/mol. The van der Waals surface area contributed by atoms with Crippen molar-refractivity contribution in [2.75, 3.05) is 40.1 Å². The number of benzene rings is 2. The maximum Gasteiger partial charge on any atom is 0.343 e. The first-order valence-electron chi connectivity index (χ1n) is 13.2. The number of hydrogen-bond donors (Lipinski definition) is 0. The van der Waals surface area contributed by atoms with Crippen LogP contribution in [0.5, 0.6) is 17.2 Å². The molecule has 0 aliphatic heterocycles. The molecule has 0 N–H and O–H groups in total. The SMILES string of the molecule is C=C(C)C(=O)OCCCCCCOc1ccc(C(=O)Oc2ccc(/C=C/C(=O)OCCOCC)cc2OC)cc1. The van der Waals surface area contributed by atoms with Crippen LogP contribution in [0.25, 0.3) is 6.08 Å². The summed E-state index contributed by atoms with van der Waals surface area (Å²) >= 11 is 0. The minimum absolute atomic E-state index is 0.181. The Labute approximate surface area is 235 Å². The standard InChI is InChI=1S/C31H38O9/c1-5-36-20-21-38-29(32)17-11-24-10-16-27(28(22-24)35-4)40-31(34)25-12-14-26(15-13-25)37-18-8-6-7-9-19-39-30(33)23(2)3/h10-17,22H,2,5-9,18-21H2,1,3-4H3/b17-11+. The van der Waals surface area contributed by atoms with E-state index in [9.17, 15) is 14.4 Å². The largest absolute Gasteiger partial charge is 0.494 e. The highest BCUT2D eigenvalue weighted by Crippen LogP contribution is 2.29. The van der Waals surface area contributed by atoms with Crippen LogP contribution in [0.2, 0.25) is 0 Å². The van der Waals surface area contributed by atoms with Gasteiger partial charge in [-0.25, -0.2) is 14.4 Å². The summed E-state index contributed by atoms with van der Waals surface area (Å²) < 4.78 is 31.8. The van der Waals surface area contributed by atoms with Crippen LogP contribution in [-0.4, -0.2) is 58.1 Å². The normalized spacial score (nSPS) is 10.7. The molecule has 40 heavy (non-hydrogen) atoms. The molecule has 2 aromatic rings. The van der Waals surface area contributed by atoms with Gasteiger partial charge < -0.3 is 28.4 Å². The molecule has 0 radical (unpaired) electrons. The molecule has 9 nitrogen and oxygen atoms in total. The first-order chi connectivity index (χ1) is 19.3. The lowest BCUT2D eigenvalue weighted by Gasteiger charge is -2.11. The molecule has 0 bridgehead atoms. The first kappa shape index (κ1) is 32.1. The van der Waals surface area contributed by atoms with Gasteiger partial charge >= 0.3 is 17.9 Å². The Balaban J connectivity index is 1.77. The Bertz CT molecular complexity index is 1140. The van der Waals surface area contributed by atoms with Crippen molar-refractivity contribution in [2.45, 2.75) is 39.5 Å². The van der Waals surface area contributed by atoms with Crippen LogP contribution >= 0.6 is 0 Å². The van der Waals surface area contributed by atoms with E-state index in [0.717, 1.165) is 25.7 Å². The number of rotatable bonds is 18. The van der Waals surface area contributed by atoms with Gasteiger partial charge in [-0.05, 0) is 87.6 Å². The molecule has 2 rings (SSSR count). The van der Waals surface area contributed by atoms with Crippen LogP contribution in [0.15, 0.2) is 60.7 Å². The molecular formula is C31H38O9. The molecular weight excluding hydrogens is 516 g/mol. The predicted octanol–water partition coefficient (Wildman–Crippen LogP) is 5.57. The molecule has 0 saturated heterocycles. The van der Waals surface area contributed by atoms with Crippen LogP contribution in [0.3, 0.4) is 0 Å². The number of carbonyl (C=O) groups excluding carboxylic acids is 3. The van der Waals surface area contributed by atoms with Gasteiger partial charge in [0.25, 0.3) is 0 Å². The van der Waals surface area contributed by atoms with E-state index in [1.54, 1.807) is 55.5 Å². The Kier molecular flexibility index (Phi) is 14.6. The fraction of sp³-hybridized carbons (Fsp3) is 0.387. The second kappa shape index (κ2) is 18.2. The van der Waals surface area contributed by atoms with Crippen LogP contribution in [0.4, 0.5) is 0 Å². The lowest BCUT2D eigenvalue weighted by atomic mass is 10.2. The lowest BCUT2D eigenvalue weighted by molar-refractivity contribution is -0.140. The molecule has 9 heteroatoms. The Morgan fingerprint density at radius 3 is 2.25 bits per heavy atom. The average molecular weight is 555 g/mol. The van der Waals surface area contributed by atoms with Crippen molar-refractivity contribution in [1.82, 2.24) is 0 Å². The van der Waals surface area contributed by atoms with Gasteiger partial charge in [0.15, 0.2) is 11.5 Å². The molecule has 0 spiro atoms. The molecule has 0 saturated carbocycles. The van der Waals surface area contributed by atoms with Gasteiger partial charge in [0.1, 0.15) is 12.4 Å². The topological polar surface area (TPSA) is 107 Å². The van der Waals surface area contributed by atoms with Gasteiger partial charge in [0.2, 0.25) is 0 Å². The Morgan fingerprint density at radius 1 is 0.850 bits per heavy atom. The molecule has 0 heterocycles. The summed E-state index contributed by atoms with van der Waals surface area (Å²) in [5, 5.41) is 0. The van der Waals surface area contributed by atoms with E-state index in [-0.39, 0.29) is 18.3 Å². The minimum atomic E-state index is -0.543. The van der Waals surface area contributed by atoms with E-state index < -0.39 is 11.9 Å². The van der Waals surface area contributed by atoms with E-state index in [0.29, 0.717) is 54.6 Å². The van der Waals surface area contributed by atoms with Crippen LogP contribution < -0.4 is 14.2 Å². The van der Waals surface area contributed by atoms with Crippen molar-refractivity contribution in [2.24, 2.45) is 0 Å². The number of esters is 3. The van der Waals surface area contributed by atoms with Gasteiger partial charge in [0.05, 0.1) is 32.5 Å². The first-order valence-corrected chi connectivity index (χ1v) is 13.2. The zero-order chi connectivity index (χ0) is 29.2. The highest BCUT2D eigenvalue weighted by molar-refractivity contribution is 5.91. The van der Waals surface area contributed by atoms with Crippen molar-refractivity contribution in [1.29, 1.82) is 0 Å². The van der Waals surface area contributed by atoms with Gasteiger partial charge in [-0.2, -0.15) is 0 Å². The molecule has 216 valence electrons. The summed E-state index contributed by atoms with van der Waals surface area (Å²) in [7, 11) is 1.47. The van der Waals surface area contributed by atoms with Crippen molar-refractivity contribution in [3.05, 3.63) is 71.8 Å². The number of carbonyl (C=O) groups is 3. The smallest absolute Gasteiger partial charge is 0.343 e. The molecule has 0 amide bonds. The molecule has 2 aromatic carbocycles.